The number of nitrogens with zero attached hydrogens (tertiary/aromatic N) is 1. The molecular weight excluding hydrogens is 534 g/mol. The highest BCUT2D eigenvalue weighted by Crippen LogP contribution is 2.75. The molecule has 9 atom stereocenters. The molecule has 0 aromatic heterocycles. The molecule has 0 amide bonds. The fourth-order valence-corrected chi connectivity index (χ4v) is 11.6. The Morgan fingerprint density at radius 2 is 1.43 bits per heavy atom. The highest BCUT2D eigenvalue weighted by Gasteiger charge is 2.70. The van der Waals surface area contributed by atoms with Gasteiger partial charge < -0.3 is 15.3 Å². The Morgan fingerprint density at radius 1 is 0.833 bits per heavy atom. The molecule has 8 heteroatoms. The van der Waals surface area contributed by atoms with Crippen LogP contribution in [-0.4, -0.2) is 63.0 Å². The summed E-state index contributed by atoms with van der Waals surface area (Å²) in [5, 5.41) is 29.3. The Bertz CT molecular complexity index is 1220. The lowest BCUT2D eigenvalue weighted by atomic mass is 9.33. The van der Waals surface area contributed by atoms with E-state index >= 15 is 0 Å². The number of carbonyl (C=O) groups is 4. The van der Waals surface area contributed by atoms with Crippen molar-refractivity contribution in [1.82, 2.24) is 4.90 Å². The molecule has 8 nitrogen and oxygen atoms in total. The molecule has 234 valence electrons. The van der Waals surface area contributed by atoms with Crippen LogP contribution in [0.3, 0.4) is 0 Å². The van der Waals surface area contributed by atoms with Crippen molar-refractivity contribution < 1.29 is 34.5 Å². The number of rotatable bonds is 6. The third-order valence-corrected chi connectivity index (χ3v) is 14.2. The number of carboxylic acid groups (broad SMARTS) is 3. The lowest BCUT2D eigenvalue weighted by molar-refractivity contribution is -0.196. The quantitative estimate of drug-likeness (QED) is 0.351. The standard InChI is InChI=1S/C34H51NO7/c1-29(2)23-8-11-34(7)27(32(23,5)10-9-24(29)35(18-25(37)38)19-26(39)40)22(36)16-20-21-17-31(4,28(41)42)13-12-30(21,3)14-15-33(20,34)6/h16,21,23-24,27H,8-15,17-19H2,1-7H3,(H,37,38)(H,39,40)(H,41,42)/t21-,23-,24-,27+,30+,31-,32-,33+,34+/m0/s1. The van der Waals surface area contributed by atoms with E-state index in [0.29, 0.717) is 19.3 Å². The summed E-state index contributed by atoms with van der Waals surface area (Å²) in [6, 6.07) is -0.209. The van der Waals surface area contributed by atoms with Crippen LogP contribution in [0.5, 0.6) is 0 Å². The van der Waals surface area contributed by atoms with Crippen molar-refractivity contribution in [2.24, 2.45) is 50.2 Å². The average Bonchev–Trinajstić information content (AvgIpc) is 2.85. The number of hydrogen-bond donors (Lipinski definition) is 3. The van der Waals surface area contributed by atoms with E-state index in [0.717, 1.165) is 38.5 Å². The van der Waals surface area contributed by atoms with Gasteiger partial charge in [0.1, 0.15) is 0 Å². The van der Waals surface area contributed by atoms with Gasteiger partial charge in [-0.2, -0.15) is 0 Å². The second kappa shape index (κ2) is 9.64. The van der Waals surface area contributed by atoms with Gasteiger partial charge in [-0.05, 0) is 110 Å². The van der Waals surface area contributed by atoms with Crippen LogP contribution < -0.4 is 0 Å². The molecule has 4 saturated carbocycles. The van der Waals surface area contributed by atoms with E-state index in [2.05, 4.69) is 41.5 Å². The molecule has 0 aliphatic heterocycles. The van der Waals surface area contributed by atoms with Gasteiger partial charge in [-0.15, -0.1) is 0 Å². The minimum absolute atomic E-state index is 0.00265. The molecule has 0 radical (unpaired) electrons. The van der Waals surface area contributed by atoms with Crippen molar-refractivity contribution in [3.05, 3.63) is 11.6 Å². The summed E-state index contributed by atoms with van der Waals surface area (Å²) < 4.78 is 0. The summed E-state index contributed by atoms with van der Waals surface area (Å²) in [5.74, 6) is -2.61. The van der Waals surface area contributed by atoms with Crippen molar-refractivity contribution in [2.75, 3.05) is 13.1 Å². The summed E-state index contributed by atoms with van der Waals surface area (Å²) >= 11 is 0. The Labute approximate surface area is 250 Å². The average molecular weight is 586 g/mol. The fraction of sp³-hybridized carbons (Fsp3) is 0.824. The number of allylic oxidation sites excluding steroid dienone is 2. The second-order valence-electron chi connectivity index (χ2n) is 16.6. The Kier molecular flexibility index (Phi) is 7.16. The maximum Gasteiger partial charge on any atom is 0.317 e. The smallest absolute Gasteiger partial charge is 0.317 e. The van der Waals surface area contributed by atoms with Crippen molar-refractivity contribution in [3.63, 3.8) is 0 Å². The van der Waals surface area contributed by atoms with E-state index in [1.807, 2.05) is 13.0 Å². The molecule has 0 heterocycles. The van der Waals surface area contributed by atoms with Gasteiger partial charge in [-0.3, -0.25) is 24.1 Å². The minimum atomic E-state index is -1.03. The largest absolute Gasteiger partial charge is 0.481 e. The zero-order valence-corrected chi connectivity index (χ0v) is 26.6. The van der Waals surface area contributed by atoms with Crippen molar-refractivity contribution in [2.45, 2.75) is 112 Å². The topological polar surface area (TPSA) is 132 Å². The van der Waals surface area contributed by atoms with Gasteiger partial charge in [0, 0.05) is 12.0 Å². The lowest BCUT2D eigenvalue weighted by Gasteiger charge is -2.71. The summed E-state index contributed by atoms with van der Waals surface area (Å²) in [6.07, 6.45) is 9.23. The first kappa shape index (κ1) is 31.2. The molecular formula is C34H51NO7. The first-order valence-corrected chi connectivity index (χ1v) is 15.9. The molecule has 0 aromatic carbocycles. The molecule has 0 aromatic rings. The van der Waals surface area contributed by atoms with Gasteiger partial charge in [0.05, 0.1) is 18.5 Å². The lowest BCUT2D eigenvalue weighted by Crippen LogP contribution is -2.68. The fourth-order valence-electron chi connectivity index (χ4n) is 11.6. The number of aliphatic carboxylic acids is 3. The van der Waals surface area contributed by atoms with Gasteiger partial charge >= 0.3 is 17.9 Å². The van der Waals surface area contributed by atoms with Crippen LogP contribution in [0.4, 0.5) is 0 Å². The van der Waals surface area contributed by atoms with E-state index in [1.165, 1.54) is 5.57 Å². The molecule has 0 saturated heterocycles. The van der Waals surface area contributed by atoms with Gasteiger partial charge in [-0.1, -0.05) is 47.1 Å². The highest BCUT2D eigenvalue weighted by atomic mass is 16.4. The molecule has 0 unspecified atom stereocenters. The van der Waals surface area contributed by atoms with Crippen molar-refractivity contribution in [1.29, 1.82) is 0 Å². The molecule has 3 N–H and O–H groups in total. The van der Waals surface area contributed by atoms with Crippen LogP contribution in [0.15, 0.2) is 11.6 Å². The van der Waals surface area contributed by atoms with Gasteiger partial charge in [0.25, 0.3) is 0 Å². The third-order valence-electron chi connectivity index (χ3n) is 14.2. The monoisotopic (exact) mass is 585 g/mol. The maximum atomic E-state index is 14.5. The molecule has 5 aliphatic carbocycles. The van der Waals surface area contributed by atoms with Gasteiger partial charge in [0.15, 0.2) is 5.78 Å². The summed E-state index contributed by atoms with van der Waals surface area (Å²) in [5.41, 5.74) is -0.770. The molecule has 0 spiro atoms. The number of ketones is 1. The van der Waals surface area contributed by atoms with Crippen LogP contribution in [0, 0.1) is 50.2 Å². The van der Waals surface area contributed by atoms with Crippen LogP contribution >= 0.6 is 0 Å². The van der Waals surface area contributed by atoms with Crippen LogP contribution in [0.1, 0.15) is 106 Å². The molecule has 4 fully saturated rings. The highest BCUT2D eigenvalue weighted by molar-refractivity contribution is 5.95. The number of carboxylic acids is 3. The summed E-state index contributed by atoms with van der Waals surface area (Å²) in [7, 11) is 0. The normalized spacial score (nSPS) is 46.0. The molecule has 0 bridgehead atoms. The zero-order chi connectivity index (χ0) is 31.3. The number of hydrogen-bond acceptors (Lipinski definition) is 5. The van der Waals surface area contributed by atoms with Crippen LogP contribution in [0.2, 0.25) is 0 Å². The number of fused-ring (bicyclic) bond motifs is 7. The first-order valence-electron chi connectivity index (χ1n) is 15.9. The molecule has 5 aliphatic rings. The van der Waals surface area contributed by atoms with Crippen molar-refractivity contribution in [3.8, 4) is 0 Å². The van der Waals surface area contributed by atoms with E-state index < -0.39 is 23.3 Å². The molecule has 5 rings (SSSR count). The van der Waals surface area contributed by atoms with Crippen molar-refractivity contribution >= 4 is 23.7 Å². The van der Waals surface area contributed by atoms with E-state index in [-0.39, 0.29) is 69.7 Å². The van der Waals surface area contributed by atoms with Crippen LogP contribution in [-0.2, 0) is 19.2 Å². The Balaban J connectivity index is 1.54. The summed E-state index contributed by atoms with van der Waals surface area (Å²) in [6.45, 7) is 14.8. The van der Waals surface area contributed by atoms with Gasteiger partial charge in [-0.25, -0.2) is 0 Å². The SMILES string of the molecule is CC1(C)[C@@H](N(CC(=O)O)CC(=O)O)CC[C@]2(C)[C@H]3C(=O)C=C4[C@@H]5C[C@@](C)(C(=O)O)CC[C@]5(C)CC[C@@]4(C)[C@]3(C)CC[C@@H]12. The van der Waals surface area contributed by atoms with E-state index in [4.69, 9.17) is 0 Å². The third kappa shape index (κ3) is 4.24. The molecule has 42 heavy (non-hydrogen) atoms. The minimum Gasteiger partial charge on any atom is -0.481 e. The zero-order valence-electron chi connectivity index (χ0n) is 26.6. The predicted octanol–water partition coefficient (Wildman–Crippen LogP) is 5.89. The van der Waals surface area contributed by atoms with Gasteiger partial charge in [0.2, 0.25) is 0 Å². The predicted molar refractivity (Wildman–Crippen MR) is 158 cm³/mol. The van der Waals surface area contributed by atoms with Crippen LogP contribution in [0.25, 0.3) is 0 Å². The first-order chi connectivity index (χ1) is 19.2. The summed E-state index contributed by atoms with van der Waals surface area (Å²) in [4.78, 5) is 51.9. The Hall–Kier alpha value is -2.22. The Morgan fingerprint density at radius 3 is 2.00 bits per heavy atom. The number of carbonyl (C=O) groups excluding carboxylic acids is 1. The maximum absolute atomic E-state index is 14.5. The van der Waals surface area contributed by atoms with E-state index in [9.17, 15) is 34.5 Å². The van der Waals surface area contributed by atoms with E-state index in [1.54, 1.807) is 4.90 Å². The second-order valence-corrected chi connectivity index (χ2v) is 16.6.